The van der Waals surface area contributed by atoms with Crippen LogP contribution in [0.2, 0.25) is 0 Å². The Labute approximate surface area is 144 Å². The van der Waals surface area contributed by atoms with Crippen molar-refractivity contribution in [3.63, 3.8) is 0 Å². The van der Waals surface area contributed by atoms with Crippen molar-refractivity contribution < 1.29 is 0 Å². The average Bonchev–Trinajstić information content (AvgIpc) is 2.91. The molecule has 3 aliphatic rings. The van der Waals surface area contributed by atoms with Gasteiger partial charge in [-0.1, -0.05) is 18.9 Å². The molecule has 5 rings (SSSR count). The van der Waals surface area contributed by atoms with E-state index in [2.05, 4.69) is 32.6 Å². The minimum atomic E-state index is 0.827. The van der Waals surface area contributed by atoms with E-state index in [1.165, 1.54) is 80.6 Å². The van der Waals surface area contributed by atoms with E-state index in [0.29, 0.717) is 0 Å². The molecule has 1 aliphatic carbocycles. The third kappa shape index (κ3) is 2.66. The molecule has 0 atom stereocenters. The van der Waals surface area contributed by atoms with Gasteiger partial charge < -0.3 is 4.57 Å². The van der Waals surface area contributed by atoms with Gasteiger partial charge >= 0.3 is 0 Å². The quantitative estimate of drug-likeness (QED) is 0.865. The number of benzene rings is 1. The summed E-state index contributed by atoms with van der Waals surface area (Å²) < 4.78 is 2.45. The lowest BCUT2D eigenvalue weighted by atomic mass is 9.91. The summed E-state index contributed by atoms with van der Waals surface area (Å²) in [6.45, 7) is 6.95. The molecule has 1 saturated heterocycles. The van der Waals surface area contributed by atoms with Crippen molar-refractivity contribution >= 4 is 11.0 Å². The molecule has 0 amide bonds. The van der Waals surface area contributed by atoms with Gasteiger partial charge in [-0.25, -0.2) is 4.98 Å². The highest BCUT2D eigenvalue weighted by atomic mass is 15.3. The number of likely N-dealkylation sites (tertiary alicyclic amines) is 1. The van der Waals surface area contributed by atoms with Gasteiger partial charge in [0.25, 0.3) is 0 Å². The highest BCUT2D eigenvalue weighted by molar-refractivity contribution is 5.77. The van der Waals surface area contributed by atoms with Crippen LogP contribution >= 0.6 is 0 Å². The van der Waals surface area contributed by atoms with Crippen LogP contribution < -0.4 is 0 Å². The molecular formula is C20H28N4. The van der Waals surface area contributed by atoms with Gasteiger partial charge in [0.2, 0.25) is 0 Å². The Hall–Kier alpha value is -1.39. The number of imidazole rings is 1. The minimum Gasteiger partial charge on any atom is -0.326 e. The van der Waals surface area contributed by atoms with Crippen LogP contribution in [0.1, 0.15) is 49.9 Å². The zero-order valence-electron chi connectivity index (χ0n) is 14.6. The van der Waals surface area contributed by atoms with Crippen LogP contribution in [0.5, 0.6) is 0 Å². The number of hydrogen-bond acceptors (Lipinski definition) is 3. The van der Waals surface area contributed by atoms with Crippen LogP contribution in [0, 0.1) is 0 Å². The summed E-state index contributed by atoms with van der Waals surface area (Å²) in [5.41, 5.74) is 3.96. The summed E-state index contributed by atoms with van der Waals surface area (Å²) in [7, 11) is 0. The summed E-state index contributed by atoms with van der Waals surface area (Å²) in [6, 6.07) is 7.80. The summed E-state index contributed by atoms with van der Waals surface area (Å²) in [5.74, 6) is 1.28. The predicted molar refractivity (Wildman–Crippen MR) is 96.9 cm³/mol. The molecule has 1 aromatic carbocycles. The molecule has 0 N–H and O–H groups in total. The second-order valence-corrected chi connectivity index (χ2v) is 7.89. The molecule has 1 saturated carbocycles. The Morgan fingerprint density at radius 1 is 0.958 bits per heavy atom. The topological polar surface area (TPSA) is 24.3 Å². The Bertz CT molecular complexity index is 725. The van der Waals surface area contributed by atoms with Crippen LogP contribution in [0.4, 0.5) is 0 Å². The summed E-state index contributed by atoms with van der Waals surface area (Å²) in [5, 5.41) is 0. The molecule has 4 heteroatoms. The summed E-state index contributed by atoms with van der Waals surface area (Å²) >= 11 is 0. The Morgan fingerprint density at radius 3 is 2.62 bits per heavy atom. The number of hydrogen-bond donors (Lipinski definition) is 0. The largest absolute Gasteiger partial charge is 0.326 e. The van der Waals surface area contributed by atoms with Crippen LogP contribution in [0.15, 0.2) is 18.2 Å². The lowest BCUT2D eigenvalue weighted by Crippen LogP contribution is -2.44. The lowest BCUT2D eigenvalue weighted by Gasteiger charge is -2.39. The molecule has 3 heterocycles. The van der Waals surface area contributed by atoms with E-state index >= 15 is 0 Å². The van der Waals surface area contributed by atoms with Crippen molar-refractivity contribution in [2.45, 2.75) is 64.2 Å². The zero-order valence-corrected chi connectivity index (χ0v) is 14.6. The van der Waals surface area contributed by atoms with E-state index < -0.39 is 0 Å². The first kappa shape index (κ1) is 14.9. The number of nitrogens with zero attached hydrogens (tertiary/aromatic N) is 4. The highest BCUT2D eigenvalue weighted by Crippen LogP contribution is 2.29. The van der Waals surface area contributed by atoms with E-state index in [9.17, 15) is 0 Å². The van der Waals surface area contributed by atoms with Gasteiger partial charge in [0, 0.05) is 25.7 Å². The highest BCUT2D eigenvalue weighted by Gasteiger charge is 2.29. The molecule has 4 nitrogen and oxygen atoms in total. The monoisotopic (exact) mass is 324 g/mol. The van der Waals surface area contributed by atoms with Gasteiger partial charge in [0.1, 0.15) is 5.82 Å². The number of aromatic nitrogens is 2. The van der Waals surface area contributed by atoms with Gasteiger partial charge in [-0.05, 0) is 56.5 Å². The van der Waals surface area contributed by atoms with Gasteiger partial charge in [0.15, 0.2) is 0 Å². The van der Waals surface area contributed by atoms with Gasteiger partial charge in [0.05, 0.1) is 17.6 Å². The zero-order chi connectivity index (χ0) is 15.9. The van der Waals surface area contributed by atoms with Gasteiger partial charge in [-0.15, -0.1) is 0 Å². The second kappa shape index (κ2) is 6.16. The van der Waals surface area contributed by atoms with Crippen molar-refractivity contribution in [1.29, 1.82) is 0 Å². The standard InChI is InChI=1S/C20H28N4/c1-2-9-22(10-3-1)14-16-7-8-19-18(13-16)21-20-15-23(11-12-24(19)20)17-5-4-6-17/h7-8,13,17H,1-6,9-12,14-15H2. The van der Waals surface area contributed by atoms with E-state index in [1.807, 2.05) is 0 Å². The predicted octanol–water partition coefficient (Wildman–Crippen LogP) is 3.39. The van der Waals surface area contributed by atoms with Crippen LogP contribution in [-0.2, 0) is 19.6 Å². The van der Waals surface area contributed by atoms with Gasteiger partial charge in [-0.2, -0.15) is 0 Å². The van der Waals surface area contributed by atoms with Crippen molar-refractivity contribution in [2.24, 2.45) is 0 Å². The third-order valence-corrected chi connectivity index (χ3v) is 6.29. The Balaban J connectivity index is 1.37. The first-order chi connectivity index (χ1) is 11.9. The fourth-order valence-electron chi connectivity index (χ4n) is 4.62. The van der Waals surface area contributed by atoms with Crippen LogP contribution in [-0.4, -0.2) is 45.0 Å². The number of fused-ring (bicyclic) bond motifs is 3. The second-order valence-electron chi connectivity index (χ2n) is 7.89. The van der Waals surface area contributed by atoms with Crippen LogP contribution in [0.3, 0.4) is 0 Å². The molecule has 0 unspecified atom stereocenters. The summed E-state index contributed by atoms with van der Waals surface area (Å²) in [6.07, 6.45) is 8.31. The maximum Gasteiger partial charge on any atom is 0.124 e. The molecule has 1 aromatic heterocycles. The maximum absolute atomic E-state index is 5.00. The Kier molecular flexibility index (Phi) is 3.83. The van der Waals surface area contributed by atoms with E-state index in [0.717, 1.165) is 25.7 Å². The first-order valence-electron chi connectivity index (χ1n) is 9.81. The van der Waals surface area contributed by atoms with Crippen LogP contribution in [0.25, 0.3) is 11.0 Å². The number of rotatable bonds is 3. The molecule has 128 valence electrons. The van der Waals surface area contributed by atoms with Gasteiger partial charge in [-0.3, -0.25) is 9.80 Å². The number of piperidine rings is 1. The van der Waals surface area contributed by atoms with E-state index in [-0.39, 0.29) is 0 Å². The fraction of sp³-hybridized carbons (Fsp3) is 0.650. The summed E-state index contributed by atoms with van der Waals surface area (Å²) in [4.78, 5) is 10.2. The lowest BCUT2D eigenvalue weighted by molar-refractivity contribution is 0.0966. The molecular weight excluding hydrogens is 296 g/mol. The van der Waals surface area contributed by atoms with Crippen molar-refractivity contribution in [1.82, 2.24) is 19.4 Å². The smallest absolute Gasteiger partial charge is 0.124 e. The molecule has 0 radical (unpaired) electrons. The maximum atomic E-state index is 5.00. The van der Waals surface area contributed by atoms with Crippen molar-refractivity contribution in [3.05, 3.63) is 29.6 Å². The molecule has 2 fully saturated rings. The first-order valence-corrected chi connectivity index (χ1v) is 9.81. The normalized spacial score (nSPS) is 23.3. The third-order valence-electron chi connectivity index (χ3n) is 6.29. The van der Waals surface area contributed by atoms with E-state index in [1.54, 1.807) is 0 Å². The SMILES string of the molecule is c1cc2c(cc1CN1CCCCC1)nc1n2CCN(C2CCC2)C1. The fourth-order valence-corrected chi connectivity index (χ4v) is 4.62. The molecule has 24 heavy (non-hydrogen) atoms. The molecule has 2 aliphatic heterocycles. The van der Waals surface area contributed by atoms with E-state index in [4.69, 9.17) is 4.98 Å². The van der Waals surface area contributed by atoms with Crippen molar-refractivity contribution in [2.75, 3.05) is 19.6 Å². The Morgan fingerprint density at radius 2 is 1.83 bits per heavy atom. The minimum absolute atomic E-state index is 0.827. The molecule has 2 aromatic rings. The average molecular weight is 324 g/mol. The molecule has 0 spiro atoms. The van der Waals surface area contributed by atoms with Crippen molar-refractivity contribution in [3.8, 4) is 0 Å². The molecule has 0 bridgehead atoms.